The van der Waals surface area contributed by atoms with E-state index in [-0.39, 0.29) is 10.6 Å². The number of benzene rings is 2. The number of amides is 1. The maximum atomic E-state index is 13.4. The predicted octanol–water partition coefficient (Wildman–Crippen LogP) is 4.08. The zero-order valence-corrected chi connectivity index (χ0v) is 15.3. The second-order valence-electron chi connectivity index (χ2n) is 6.34. The lowest BCUT2D eigenvalue weighted by Gasteiger charge is -2.09. The van der Waals surface area contributed by atoms with Crippen LogP contribution >= 0.6 is 11.6 Å². The van der Waals surface area contributed by atoms with Crippen molar-refractivity contribution in [2.45, 2.75) is 0 Å². The molecular weight excluding hydrogens is 369 g/mol. The number of nitrogens with one attached hydrogen (secondary N) is 1. The van der Waals surface area contributed by atoms with Crippen molar-refractivity contribution >= 4 is 45.0 Å². The average molecular weight is 384 g/mol. The fraction of sp³-hybridized carbons (Fsp3) is 0.100. The minimum Gasteiger partial charge on any atom is -0.339 e. The number of hydrogen-bond acceptors (Lipinski definition) is 2. The van der Waals surface area contributed by atoms with Crippen LogP contribution in [0, 0.1) is 5.82 Å². The van der Waals surface area contributed by atoms with E-state index >= 15 is 0 Å². The van der Waals surface area contributed by atoms with Crippen molar-refractivity contribution in [1.29, 1.82) is 0 Å². The van der Waals surface area contributed by atoms with E-state index in [0.717, 1.165) is 10.9 Å². The first kappa shape index (κ1) is 17.3. The number of fused-ring (bicyclic) bond motifs is 3. The Hall–Kier alpha value is -3.12. The number of rotatable bonds is 2. The Kier molecular flexibility index (Phi) is 4.00. The topological polar surface area (TPSA) is 56.0 Å². The maximum absolute atomic E-state index is 13.4. The van der Waals surface area contributed by atoms with Gasteiger partial charge < -0.3 is 14.5 Å². The maximum Gasteiger partial charge on any atom is 0.274 e. The number of hydrogen-bond donors (Lipinski definition) is 1. The van der Waals surface area contributed by atoms with Gasteiger partial charge in [0.2, 0.25) is 0 Å². The molecule has 0 aliphatic rings. The summed E-state index contributed by atoms with van der Waals surface area (Å²) in [6, 6.07) is 11.5. The molecule has 0 bridgehead atoms. The Labute approximate surface area is 158 Å². The Morgan fingerprint density at radius 2 is 1.89 bits per heavy atom. The summed E-state index contributed by atoms with van der Waals surface area (Å²) in [5.74, 6) is -0.970. The summed E-state index contributed by atoms with van der Waals surface area (Å²) >= 11 is 5.79. The number of aryl methyl sites for hydroxylation is 2. The Balaban J connectivity index is 1.94. The fourth-order valence-electron chi connectivity index (χ4n) is 3.34. The molecule has 1 N–H and O–H groups in total. The van der Waals surface area contributed by atoms with Crippen LogP contribution in [-0.2, 0) is 14.1 Å². The summed E-state index contributed by atoms with van der Waals surface area (Å²) in [4.78, 5) is 25.7. The molecule has 4 aromatic rings. The summed E-state index contributed by atoms with van der Waals surface area (Å²) in [6.45, 7) is 0. The third-order valence-electron chi connectivity index (χ3n) is 4.64. The van der Waals surface area contributed by atoms with Gasteiger partial charge in [-0.2, -0.15) is 0 Å². The Morgan fingerprint density at radius 1 is 1.15 bits per heavy atom. The minimum absolute atomic E-state index is 0.0800. The second kappa shape index (κ2) is 6.25. The van der Waals surface area contributed by atoms with Crippen LogP contribution < -0.4 is 10.9 Å². The molecule has 0 fully saturated rings. The summed E-state index contributed by atoms with van der Waals surface area (Å²) < 4.78 is 16.5. The molecule has 1 amide bonds. The molecule has 0 spiro atoms. The summed E-state index contributed by atoms with van der Waals surface area (Å²) in [5, 5.41) is 4.04. The SMILES string of the molecule is Cn1cc(C(=O)Nc2ccc(F)c(Cl)c2)c2c3ccccc3n(C)c2c1=O. The van der Waals surface area contributed by atoms with Gasteiger partial charge >= 0.3 is 0 Å². The number of carbonyl (C=O) groups is 1. The van der Waals surface area contributed by atoms with Crippen molar-refractivity contribution in [3.8, 4) is 0 Å². The molecule has 0 aliphatic heterocycles. The van der Waals surface area contributed by atoms with E-state index in [1.807, 2.05) is 24.3 Å². The molecule has 0 atom stereocenters. The van der Waals surface area contributed by atoms with Crippen molar-refractivity contribution in [2.75, 3.05) is 5.32 Å². The molecular formula is C20H15ClFN3O2. The van der Waals surface area contributed by atoms with E-state index in [9.17, 15) is 14.0 Å². The van der Waals surface area contributed by atoms with Gasteiger partial charge in [-0.15, -0.1) is 0 Å². The normalized spacial score (nSPS) is 11.3. The minimum atomic E-state index is -0.562. The molecule has 2 aromatic heterocycles. The van der Waals surface area contributed by atoms with Crippen LogP contribution in [0.25, 0.3) is 21.8 Å². The monoisotopic (exact) mass is 383 g/mol. The van der Waals surface area contributed by atoms with Crippen LogP contribution in [0.5, 0.6) is 0 Å². The van der Waals surface area contributed by atoms with Crippen LogP contribution in [0.15, 0.2) is 53.5 Å². The number of anilines is 1. The standard InChI is InChI=1S/C20H15ClFN3O2/c1-24-10-13(19(26)23-11-7-8-15(22)14(21)9-11)17-12-5-3-4-6-16(12)25(2)18(17)20(24)27/h3-10H,1-2H3,(H,23,26). The number of halogens is 2. The average Bonchev–Trinajstić information content (AvgIpc) is 2.95. The lowest BCUT2D eigenvalue weighted by Crippen LogP contribution is -2.22. The molecule has 4 rings (SSSR count). The molecule has 2 aromatic carbocycles. The Morgan fingerprint density at radius 3 is 2.63 bits per heavy atom. The third-order valence-corrected chi connectivity index (χ3v) is 4.93. The van der Waals surface area contributed by atoms with Gasteiger partial charge in [0, 0.05) is 42.3 Å². The van der Waals surface area contributed by atoms with E-state index in [4.69, 9.17) is 11.6 Å². The number of carbonyl (C=O) groups excluding carboxylic acids is 1. The van der Waals surface area contributed by atoms with Crippen LogP contribution in [0.4, 0.5) is 10.1 Å². The molecule has 0 saturated heterocycles. The first-order chi connectivity index (χ1) is 12.9. The van der Waals surface area contributed by atoms with Gasteiger partial charge in [0.15, 0.2) is 0 Å². The summed E-state index contributed by atoms with van der Waals surface area (Å²) in [7, 11) is 3.40. The highest BCUT2D eigenvalue weighted by Gasteiger charge is 2.20. The zero-order chi connectivity index (χ0) is 19.3. The fourth-order valence-corrected chi connectivity index (χ4v) is 3.53. The largest absolute Gasteiger partial charge is 0.339 e. The van der Waals surface area contributed by atoms with Gasteiger partial charge in [-0.1, -0.05) is 29.8 Å². The third kappa shape index (κ3) is 2.69. The lowest BCUT2D eigenvalue weighted by molar-refractivity contribution is 0.102. The van der Waals surface area contributed by atoms with Crippen molar-refractivity contribution in [3.63, 3.8) is 0 Å². The van der Waals surface area contributed by atoms with Gasteiger partial charge in [-0.05, 0) is 24.3 Å². The van der Waals surface area contributed by atoms with Crippen LogP contribution in [0.1, 0.15) is 10.4 Å². The van der Waals surface area contributed by atoms with E-state index in [0.29, 0.717) is 22.2 Å². The highest BCUT2D eigenvalue weighted by atomic mass is 35.5. The zero-order valence-electron chi connectivity index (χ0n) is 14.6. The van der Waals surface area contributed by atoms with E-state index < -0.39 is 11.7 Å². The molecule has 136 valence electrons. The molecule has 27 heavy (non-hydrogen) atoms. The molecule has 0 unspecified atom stereocenters. The van der Waals surface area contributed by atoms with Crippen molar-refractivity contribution < 1.29 is 9.18 Å². The first-order valence-corrected chi connectivity index (χ1v) is 8.59. The molecule has 5 nitrogen and oxygen atoms in total. The molecule has 2 heterocycles. The highest BCUT2D eigenvalue weighted by Crippen LogP contribution is 2.29. The number of aromatic nitrogens is 2. The van der Waals surface area contributed by atoms with Gasteiger partial charge in [-0.3, -0.25) is 9.59 Å². The molecule has 0 radical (unpaired) electrons. The van der Waals surface area contributed by atoms with Gasteiger partial charge in [-0.25, -0.2) is 4.39 Å². The lowest BCUT2D eigenvalue weighted by atomic mass is 10.1. The first-order valence-electron chi connectivity index (χ1n) is 8.21. The van der Waals surface area contributed by atoms with E-state index in [1.165, 1.54) is 29.0 Å². The van der Waals surface area contributed by atoms with E-state index in [2.05, 4.69) is 5.32 Å². The second-order valence-corrected chi connectivity index (χ2v) is 6.75. The smallest absolute Gasteiger partial charge is 0.274 e. The number of para-hydroxylation sites is 1. The predicted molar refractivity (Wildman–Crippen MR) is 105 cm³/mol. The Bertz CT molecular complexity index is 1290. The summed E-state index contributed by atoms with van der Waals surface area (Å²) in [5.41, 5.74) is 1.83. The van der Waals surface area contributed by atoms with Crippen molar-refractivity contribution in [3.05, 3.63) is 75.4 Å². The molecule has 7 heteroatoms. The summed E-state index contributed by atoms with van der Waals surface area (Å²) in [6.07, 6.45) is 1.51. The van der Waals surface area contributed by atoms with Crippen LogP contribution in [0.2, 0.25) is 5.02 Å². The molecule has 0 aliphatic carbocycles. The number of pyridine rings is 1. The number of nitrogens with zero attached hydrogens (tertiary/aromatic N) is 2. The van der Waals surface area contributed by atoms with Crippen LogP contribution in [-0.4, -0.2) is 15.0 Å². The van der Waals surface area contributed by atoms with Gasteiger partial charge in [0.25, 0.3) is 11.5 Å². The van der Waals surface area contributed by atoms with Gasteiger partial charge in [0.1, 0.15) is 11.3 Å². The quantitative estimate of drug-likeness (QED) is 0.567. The van der Waals surface area contributed by atoms with Gasteiger partial charge in [0.05, 0.1) is 10.6 Å². The van der Waals surface area contributed by atoms with Crippen molar-refractivity contribution in [2.24, 2.45) is 14.1 Å². The van der Waals surface area contributed by atoms with Crippen molar-refractivity contribution in [1.82, 2.24) is 9.13 Å². The highest BCUT2D eigenvalue weighted by molar-refractivity contribution is 6.31. The van der Waals surface area contributed by atoms with E-state index in [1.54, 1.807) is 18.7 Å². The molecule has 0 saturated carbocycles. The van der Waals surface area contributed by atoms with Crippen LogP contribution in [0.3, 0.4) is 0 Å².